The van der Waals surface area contributed by atoms with Gasteiger partial charge < -0.3 is 5.32 Å². The lowest BCUT2D eigenvalue weighted by molar-refractivity contribution is 0.0942. The summed E-state index contributed by atoms with van der Waals surface area (Å²) in [5.41, 5.74) is 3.52. The predicted molar refractivity (Wildman–Crippen MR) is 136 cm³/mol. The molecule has 34 heavy (non-hydrogen) atoms. The van der Waals surface area contributed by atoms with E-state index < -0.39 is 22.0 Å². The smallest absolute Gasteiger partial charge is 0.263 e. The lowest BCUT2D eigenvalue weighted by atomic mass is 9.97. The molecule has 0 bridgehead atoms. The monoisotopic (exact) mass is 490 g/mol. The zero-order chi connectivity index (χ0) is 24.1. The van der Waals surface area contributed by atoms with Crippen molar-refractivity contribution in [2.24, 2.45) is 0 Å². The number of aryl methyl sites for hydroxylation is 1. The predicted octanol–water partition coefficient (Wildman–Crippen LogP) is 5.97. The van der Waals surface area contributed by atoms with Crippen LogP contribution in [-0.2, 0) is 10.0 Å². The number of hydrogen-bond acceptors (Lipinski definition) is 3. The second kappa shape index (κ2) is 10.1. The number of halogens is 1. The third-order valence-corrected chi connectivity index (χ3v) is 7.19. The van der Waals surface area contributed by atoms with Crippen LogP contribution in [0.15, 0.2) is 108 Å². The molecule has 0 aliphatic carbocycles. The fourth-order valence-electron chi connectivity index (χ4n) is 3.54. The van der Waals surface area contributed by atoms with Gasteiger partial charge in [0.2, 0.25) is 0 Å². The third-order valence-electron chi connectivity index (χ3n) is 5.33. The Balaban J connectivity index is 1.65. The quantitative estimate of drug-likeness (QED) is 0.335. The number of anilines is 1. The molecule has 0 aliphatic rings. The minimum absolute atomic E-state index is 0.0260. The fraction of sp³-hybridized carbons (Fsp3) is 0.0741. The van der Waals surface area contributed by atoms with Crippen LogP contribution in [-0.4, -0.2) is 14.3 Å². The summed E-state index contributed by atoms with van der Waals surface area (Å²) in [7, 11) is -4.00. The van der Waals surface area contributed by atoms with Gasteiger partial charge in [-0.05, 0) is 48.4 Å². The Morgan fingerprint density at radius 2 is 1.38 bits per heavy atom. The molecule has 0 spiro atoms. The van der Waals surface area contributed by atoms with Crippen LogP contribution >= 0.6 is 11.6 Å². The molecule has 1 amide bonds. The van der Waals surface area contributed by atoms with Gasteiger partial charge in [-0.25, -0.2) is 8.42 Å². The van der Waals surface area contributed by atoms with Crippen LogP contribution in [0.25, 0.3) is 0 Å². The normalized spacial score (nSPS) is 12.1. The Labute approximate surface area is 204 Å². The van der Waals surface area contributed by atoms with Crippen molar-refractivity contribution in [1.29, 1.82) is 0 Å². The number of amides is 1. The number of rotatable bonds is 7. The zero-order valence-corrected chi connectivity index (χ0v) is 20.0. The van der Waals surface area contributed by atoms with Gasteiger partial charge >= 0.3 is 0 Å². The first-order chi connectivity index (χ1) is 16.3. The molecule has 7 heteroatoms. The summed E-state index contributed by atoms with van der Waals surface area (Å²) in [6.45, 7) is 2.00. The van der Waals surface area contributed by atoms with Gasteiger partial charge in [0, 0.05) is 11.3 Å². The highest BCUT2D eigenvalue weighted by molar-refractivity contribution is 7.92. The van der Waals surface area contributed by atoms with Gasteiger partial charge in [-0.1, -0.05) is 90.0 Å². The maximum absolute atomic E-state index is 13.2. The van der Waals surface area contributed by atoms with E-state index in [1.807, 2.05) is 61.5 Å². The fourth-order valence-corrected chi connectivity index (χ4v) is 5.13. The van der Waals surface area contributed by atoms with Crippen molar-refractivity contribution in [2.75, 3.05) is 4.72 Å². The number of hydrogen-bond donors (Lipinski definition) is 2. The Morgan fingerprint density at radius 1 is 0.794 bits per heavy atom. The van der Waals surface area contributed by atoms with Crippen molar-refractivity contribution in [3.63, 3.8) is 0 Å². The van der Waals surface area contributed by atoms with Gasteiger partial charge in [0.25, 0.3) is 15.9 Å². The van der Waals surface area contributed by atoms with E-state index in [4.69, 9.17) is 11.6 Å². The minimum Gasteiger partial charge on any atom is -0.341 e. The maximum atomic E-state index is 13.2. The van der Waals surface area contributed by atoms with Gasteiger partial charge in [-0.15, -0.1) is 0 Å². The molecule has 2 N–H and O–H groups in total. The molecule has 0 unspecified atom stereocenters. The summed E-state index contributed by atoms with van der Waals surface area (Å²) in [6, 6.07) is 29.8. The van der Waals surface area contributed by atoms with E-state index >= 15 is 0 Å². The van der Waals surface area contributed by atoms with Crippen molar-refractivity contribution in [3.8, 4) is 0 Å². The number of para-hydroxylation sites is 1. The Kier molecular flexibility index (Phi) is 7.01. The van der Waals surface area contributed by atoms with Gasteiger partial charge in [0.05, 0.1) is 11.1 Å². The van der Waals surface area contributed by atoms with Crippen LogP contribution in [0.4, 0.5) is 5.69 Å². The molecule has 0 aromatic heterocycles. The van der Waals surface area contributed by atoms with Crippen LogP contribution < -0.4 is 10.0 Å². The summed E-state index contributed by atoms with van der Waals surface area (Å²) in [4.78, 5) is 13.1. The lowest BCUT2D eigenvalue weighted by Crippen LogP contribution is -2.29. The highest BCUT2D eigenvalue weighted by atomic mass is 35.5. The second-order valence-electron chi connectivity index (χ2n) is 7.84. The van der Waals surface area contributed by atoms with Gasteiger partial charge in [0.15, 0.2) is 0 Å². The summed E-state index contributed by atoms with van der Waals surface area (Å²) in [6.07, 6.45) is 0. The molecule has 4 aromatic rings. The number of sulfonamides is 1. The van der Waals surface area contributed by atoms with Crippen LogP contribution in [0, 0.1) is 6.92 Å². The van der Waals surface area contributed by atoms with E-state index in [0.29, 0.717) is 5.69 Å². The third kappa shape index (κ3) is 5.47. The molecule has 0 fully saturated rings. The summed E-state index contributed by atoms with van der Waals surface area (Å²) < 4.78 is 28.4. The van der Waals surface area contributed by atoms with E-state index in [0.717, 1.165) is 16.7 Å². The molecular weight excluding hydrogens is 468 g/mol. The van der Waals surface area contributed by atoms with Crippen LogP contribution in [0.1, 0.15) is 33.1 Å². The topological polar surface area (TPSA) is 75.3 Å². The molecule has 0 saturated heterocycles. The van der Waals surface area contributed by atoms with Crippen LogP contribution in [0.2, 0.25) is 5.02 Å². The number of carbonyl (C=O) groups excluding carboxylic acids is 1. The molecular formula is C27H23ClN2O3S. The van der Waals surface area contributed by atoms with E-state index in [2.05, 4.69) is 10.0 Å². The van der Waals surface area contributed by atoms with E-state index in [-0.39, 0.29) is 15.5 Å². The Hall–Kier alpha value is -3.61. The average molecular weight is 491 g/mol. The van der Waals surface area contributed by atoms with Crippen molar-refractivity contribution >= 4 is 33.2 Å². The Morgan fingerprint density at radius 3 is 2.03 bits per heavy atom. The molecule has 172 valence electrons. The molecule has 5 nitrogen and oxygen atoms in total. The largest absolute Gasteiger partial charge is 0.341 e. The first kappa shape index (κ1) is 23.5. The lowest BCUT2D eigenvalue weighted by Gasteiger charge is -2.20. The second-order valence-corrected chi connectivity index (χ2v) is 9.90. The van der Waals surface area contributed by atoms with Crippen molar-refractivity contribution in [3.05, 3.63) is 130 Å². The van der Waals surface area contributed by atoms with Crippen molar-refractivity contribution in [1.82, 2.24) is 5.32 Å². The summed E-state index contributed by atoms with van der Waals surface area (Å²) in [5.74, 6) is -0.415. The molecule has 0 saturated carbocycles. The molecule has 0 heterocycles. The maximum Gasteiger partial charge on any atom is 0.263 e. The average Bonchev–Trinajstić information content (AvgIpc) is 2.84. The van der Waals surface area contributed by atoms with Crippen molar-refractivity contribution < 1.29 is 13.2 Å². The minimum atomic E-state index is -4.00. The molecule has 0 aliphatic heterocycles. The summed E-state index contributed by atoms with van der Waals surface area (Å²) in [5, 5.41) is 3.06. The molecule has 0 radical (unpaired) electrons. The van der Waals surface area contributed by atoms with Gasteiger partial charge in [-0.2, -0.15) is 0 Å². The van der Waals surface area contributed by atoms with E-state index in [1.54, 1.807) is 30.3 Å². The van der Waals surface area contributed by atoms with Crippen LogP contribution in [0.3, 0.4) is 0 Å². The van der Waals surface area contributed by atoms with Crippen LogP contribution in [0.5, 0.6) is 0 Å². The molecule has 4 aromatic carbocycles. The number of carbonyl (C=O) groups is 1. The van der Waals surface area contributed by atoms with E-state index in [9.17, 15) is 13.2 Å². The standard InChI is InChI=1S/C27H23ClN2O3S/c1-19-12-14-21(15-13-19)26(20-8-4-2-5-9-20)29-27(31)22-16-17-24(28)25(18-22)34(32,33)30-23-10-6-3-7-11-23/h2-18,26,30H,1H3,(H,29,31)/t26-/m0/s1. The highest BCUT2D eigenvalue weighted by Crippen LogP contribution is 2.27. The Bertz CT molecular complexity index is 1390. The van der Waals surface area contributed by atoms with E-state index in [1.165, 1.54) is 18.2 Å². The zero-order valence-electron chi connectivity index (χ0n) is 18.4. The van der Waals surface area contributed by atoms with Crippen molar-refractivity contribution in [2.45, 2.75) is 17.9 Å². The SMILES string of the molecule is Cc1ccc([C@@H](NC(=O)c2ccc(Cl)c(S(=O)(=O)Nc3ccccc3)c2)c2ccccc2)cc1. The van der Waals surface area contributed by atoms with Gasteiger partial charge in [0.1, 0.15) is 4.90 Å². The highest BCUT2D eigenvalue weighted by Gasteiger charge is 2.22. The van der Waals surface area contributed by atoms with Gasteiger partial charge in [-0.3, -0.25) is 9.52 Å². The molecule has 4 rings (SSSR count). The molecule has 1 atom stereocenters. The number of benzene rings is 4. The first-order valence-electron chi connectivity index (χ1n) is 10.6. The first-order valence-corrected chi connectivity index (χ1v) is 12.5. The summed E-state index contributed by atoms with van der Waals surface area (Å²) >= 11 is 6.21. The number of nitrogens with one attached hydrogen (secondary N) is 2.